The van der Waals surface area contributed by atoms with Gasteiger partial charge in [-0.1, -0.05) is 30.3 Å². The summed E-state index contributed by atoms with van der Waals surface area (Å²) < 4.78 is 47.5. The number of hydrogen-bond acceptors (Lipinski definition) is 3. The van der Waals surface area contributed by atoms with E-state index in [2.05, 4.69) is 10.1 Å². The van der Waals surface area contributed by atoms with Gasteiger partial charge in [-0.3, -0.25) is 0 Å². The number of ether oxygens (including phenoxy) is 2. The van der Waals surface area contributed by atoms with Crippen LogP contribution in [0.25, 0.3) is 0 Å². The summed E-state index contributed by atoms with van der Waals surface area (Å²) in [7, 11) is 0. The molecule has 0 radical (unpaired) electrons. The smallest absolute Gasteiger partial charge is 0.489 e. The average molecular weight is 388 g/mol. The van der Waals surface area contributed by atoms with Crippen LogP contribution in [-0.4, -0.2) is 19.5 Å². The van der Waals surface area contributed by atoms with E-state index in [1.54, 1.807) is 6.07 Å². The highest BCUT2D eigenvalue weighted by Crippen LogP contribution is 2.37. The first-order valence-electron chi connectivity index (χ1n) is 8.28. The van der Waals surface area contributed by atoms with Crippen molar-refractivity contribution in [3.63, 3.8) is 0 Å². The van der Waals surface area contributed by atoms with Crippen LogP contribution in [0.15, 0.2) is 48.5 Å². The van der Waals surface area contributed by atoms with Gasteiger partial charge in [-0.05, 0) is 55.6 Å². The molecule has 2 aromatic carbocycles. The Morgan fingerprint density at radius 3 is 2.35 bits per heavy atom. The van der Waals surface area contributed by atoms with E-state index in [-0.39, 0.29) is 24.1 Å². The second kappa shape index (κ2) is 9.14. The van der Waals surface area contributed by atoms with E-state index >= 15 is 0 Å². The molecule has 0 saturated carbocycles. The lowest BCUT2D eigenvalue weighted by atomic mass is 9.89. The molecule has 142 valence electrons. The van der Waals surface area contributed by atoms with Gasteiger partial charge >= 0.3 is 6.36 Å². The van der Waals surface area contributed by atoms with Gasteiger partial charge < -0.3 is 14.8 Å². The Kier molecular flexibility index (Phi) is 7.17. The lowest BCUT2D eigenvalue weighted by Gasteiger charge is -2.25. The number of halogens is 4. The molecule has 2 aromatic rings. The SMILES string of the molecule is Cl.FC(F)(F)Oc1ccc(OCc2ccccc2)c(C2CCNCC2)c1. The minimum atomic E-state index is -4.70. The first-order valence-corrected chi connectivity index (χ1v) is 8.28. The molecule has 0 unspecified atom stereocenters. The van der Waals surface area contributed by atoms with E-state index in [9.17, 15) is 13.2 Å². The van der Waals surface area contributed by atoms with E-state index in [1.807, 2.05) is 30.3 Å². The zero-order valence-electron chi connectivity index (χ0n) is 14.1. The van der Waals surface area contributed by atoms with Gasteiger partial charge in [0, 0.05) is 5.56 Å². The first-order chi connectivity index (χ1) is 12.0. The molecule has 0 amide bonds. The molecule has 3 nitrogen and oxygen atoms in total. The summed E-state index contributed by atoms with van der Waals surface area (Å²) in [6.07, 6.45) is -2.98. The van der Waals surface area contributed by atoms with Crippen molar-refractivity contribution in [1.82, 2.24) is 5.32 Å². The summed E-state index contributed by atoms with van der Waals surface area (Å²) >= 11 is 0. The topological polar surface area (TPSA) is 30.5 Å². The number of alkyl halides is 3. The maximum Gasteiger partial charge on any atom is 0.573 e. The van der Waals surface area contributed by atoms with Gasteiger partial charge in [0.05, 0.1) is 0 Å². The van der Waals surface area contributed by atoms with Gasteiger partial charge in [-0.2, -0.15) is 0 Å². The van der Waals surface area contributed by atoms with Crippen LogP contribution in [0, 0.1) is 0 Å². The van der Waals surface area contributed by atoms with Crippen molar-refractivity contribution in [3.8, 4) is 11.5 Å². The molecule has 1 N–H and O–H groups in total. The van der Waals surface area contributed by atoms with Gasteiger partial charge in [0.15, 0.2) is 0 Å². The summed E-state index contributed by atoms with van der Waals surface area (Å²) in [5.41, 5.74) is 1.79. The van der Waals surface area contributed by atoms with Crippen molar-refractivity contribution in [3.05, 3.63) is 59.7 Å². The average Bonchev–Trinajstić information content (AvgIpc) is 2.61. The van der Waals surface area contributed by atoms with Crippen molar-refractivity contribution in [2.75, 3.05) is 13.1 Å². The standard InChI is InChI=1S/C19H20F3NO2.ClH/c20-19(21,22)25-16-6-7-18(24-13-14-4-2-1-3-5-14)17(12-16)15-8-10-23-11-9-15;/h1-7,12,15,23H,8-11,13H2;1H. The molecule has 1 aliphatic rings. The van der Waals surface area contributed by atoms with Gasteiger partial charge in [0.25, 0.3) is 0 Å². The zero-order chi connectivity index (χ0) is 17.7. The molecular weight excluding hydrogens is 367 g/mol. The summed E-state index contributed by atoms with van der Waals surface area (Å²) in [5, 5.41) is 3.26. The molecule has 1 aliphatic heterocycles. The van der Waals surface area contributed by atoms with Crippen LogP contribution < -0.4 is 14.8 Å². The first kappa shape index (κ1) is 20.4. The maximum atomic E-state index is 12.5. The Balaban J connectivity index is 0.00000243. The zero-order valence-corrected chi connectivity index (χ0v) is 14.9. The quantitative estimate of drug-likeness (QED) is 0.778. The predicted octanol–water partition coefficient (Wildman–Crippen LogP) is 5.05. The van der Waals surface area contributed by atoms with E-state index in [0.29, 0.717) is 12.4 Å². The van der Waals surface area contributed by atoms with E-state index < -0.39 is 6.36 Å². The maximum absolute atomic E-state index is 12.5. The summed E-state index contributed by atoms with van der Waals surface area (Å²) in [6, 6.07) is 14.0. The summed E-state index contributed by atoms with van der Waals surface area (Å²) in [4.78, 5) is 0. The molecular formula is C19H21ClF3NO2. The number of nitrogens with one attached hydrogen (secondary N) is 1. The lowest BCUT2D eigenvalue weighted by molar-refractivity contribution is -0.274. The van der Waals surface area contributed by atoms with Crippen molar-refractivity contribution in [2.24, 2.45) is 0 Å². The Morgan fingerprint density at radius 1 is 1.00 bits per heavy atom. The minimum absolute atomic E-state index is 0. The largest absolute Gasteiger partial charge is 0.573 e. The number of benzene rings is 2. The van der Waals surface area contributed by atoms with Gasteiger partial charge in [0.1, 0.15) is 18.1 Å². The van der Waals surface area contributed by atoms with Crippen molar-refractivity contribution >= 4 is 12.4 Å². The normalized spacial score (nSPS) is 15.2. The molecule has 1 saturated heterocycles. The Labute approximate surface area is 156 Å². The fourth-order valence-corrected chi connectivity index (χ4v) is 3.04. The molecule has 0 spiro atoms. The van der Waals surface area contributed by atoms with Crippen LogP contribution in [0.4, 0.5) is 13.2 Å². The van der Waals surface area contributed by atoms with Crippen molar-refractivity contribution in [1.29, 1.82) is 0 Å². The molecule has 1 heterocycles. The van der Waals surface area contributed by atoms with Gasteiger partial charge in [-0.15, -0.1) is 25.6 Å². The second-order valence-electron chi connectivity index (χ2n) is 6.05. The summed E-state index contributed by atoms with van der Waals surface area (Å²) in [6.45, 7) is 2.05. The van der Waals surface area contributed by atoms with Crippen LogP contribution in [0.2, 0.25) is 0 Å². The van der Waals surface area contributed by atoms with Crippen LogP contribution in [0.5, 0.6) is 11.5 Å². The highest BCUT2D eigenvalue weighted by Gasteiger charge is 2.32. The third kappa shape index (κ3) is 5.81. The Hall–Kier alpha value is -1.92. The molecule has 26 heavy (non-hydrogen) atoms. The molecule has 0 aromatic heterocycles. The number of piperidine rings is 1. The lowest BCUT2D eigenvalue weighted by Crippen LogP contribution is -2.27. The van der Waals surface area contributed by atoms with Crippen LogP contribution in [-0.2, 0) is 6.61 Å². The monoisotopic (exact) mass is 387 g/mol. The fourth-order valence-electron chi connectivity index (χ4n) is 3.04. The van der Waals surface area contributed by atoms with Gasteiger partial charge in [0.2, 0.25) is 0 Å². The predicted molar refractivity (Wildman–Crippen MR) is 96.0 cm³/mol. The van der Waals surface area contributed by atoms with Crippen molar-refractivity contribution in [2.45, 2.75) is 31.7 Å². The van der Waals surface area contributed by atoms with E-state index in [0.717, 1.165) is 37.1 Å². The van der Waals surface area contributed by atoms with Crippen molar-refractivity contribution < 1.29 is 22.6 Å². The summed E-state index contributed by atoms with van der Waals surface area (Å²) in [5.74, 6) is 0.571. The highest BCUT2D eigenvalue weighted by atomic mass is 35.5. The molecule has 3 rings (SSSR count). The second-order valence-corrected chi connectivity index (χ2v) is 6.05. The van der Waals surface area contributed by atoms with E-state index in [1.165, 1.54) is 12.1 Å². The number of hydrogen-bond donors (Lipinski definition) is 1. The van der Waals surface area contributed by atoms with E-state index in [4.69, 9.17) is 4.74 Å². The third-order valence-corrected chi connectivity index (χ3v) is 4.23. The Morgan fingerprint density at radius 2 is 1.69 bits per heavy atom. The number of rotatable bonds is 5. The fraction of sp³-hybridized carbons (Fsp3) is 0.368. The highest BCUT2D eigenvalue weighted by molar-refractivity contribution is 5.85. The molecule has 1 fully saturated rings. The minimum Gasteiger partial charge on any atom is -0.489 e. The molecule has 0 atom stereocenters. The van der Waals surface area contributed by atoms with Crippen LogP contribution in [0.1, 0.15) is 29.9 Å². The third-order valence-electron chi connectivity index (χ3n) is 4.23. The molecule has 0 aliphatic carbocycles. The van der Waals surface area contributed by atoms with Crippen LogP contribution >= 0.6 is 12.4 Å². The Bertz CT molecular complexity index is 689. The van der Waals surface area contributed by atoms with Gasteiger partial charge in [-0.25, -0.2) is 0 Å². The van der Waals surface area contributed by atoms with Crippen LogP contribution in [0.3, 0.4) is 0 Å². The molecule has 0 bridgehead atoms. The molecule has 7 heteroatoms.